The van der Waals surface area contributed by atoms with Crippen LogP contribution in [0.25, 0.3) is 11.1 Å². The molecule has 0 aromatic heterocycles. The van der Waals surface area contributed by atoms with Crippen molar-refractivity contribution in [3.05, 3.63) is 59.7 Å². The number of hydrogen-bond donors (Lipinski definition) is 2. The Hall–Kier alpha value is -4.30. The first-order valence-electron chi connectivity index (χ1n) is 15.1. The van der Waals surface area contributed by atoms with E-state index in [9.17, 15) is 29.2 Å². The highest BCUT2D eigenvalue weighted by atomic mass is 32.2. The Balaban J connectivity index is 1.40. The van der Waals surface area contributed by atoms with Crippen molar-refractivity contribution in [2.45, 2.75) is 77.0 Å². The Morgan fingerprint density at radius 1 is 0.956 bits per heavy atom. The molecule has 1 fully saturated rings. The minimum Gasteiger partial charge on any atom is -0.454 e. The number of fused-ring (bicyclic) bond motifs is 3. The fourth-order valence-electron chi connectivity index (χ4n) is 5.44. The van der Waals surface area contributed by atoms with Gasteiger partial charge in [0.25, 0.3) is 0 Å². The molecule has 1 unspecified atom stereocenters. The standard InChI is InChI=1S/C34H39N3O7S/c1-21(36-33(42)43-20-26-24-13-7-5-11-22(24)23-12-6-8-14-25(23)26)31(40)37-27(15-16-28(38)32(41)44-34(2,3)4)30(39)29(19-35)45-17-9-10-18-45/h5-8,11-14,21,26-27H,9-10,15-18,20H2,1-4H3,(H,36,42)(H,37,40)/t21?,27-/m0/s1. The van der Waals surface area contributed by atoms with Gasteiger partial charge in [-0.1, -0.05) is 48.5 Å². The molecule has 10 nitrogen and oxygen atoms in total. The largest absolute Gasteiger partial charge is 0.454 e. The molecule has 4 rings (SSSR count). The molecule has 2 N–H and O–H groups in total. The van der Waals surface area contributed by atoms with Crippen LogP contribution in [0.1, 0.15) is 70.4 Å². The molecule has 0 radical (unpaired) electrons. The van der Waals surface area contributed by atoms with Crippen LogP contribution in [0.15, 0.2) is 48.5 Å². The van der Waals surface area contributed by atoms with Gasteiger partial charge in [-0.15, -0.1) is 0 Å². The van der Waals surface area contributed by atoms with E-state index in [-0.39, 0.29) is 30.2 Å². The van der Waals surface area contributed by atoms with Crippen molar-refractivity contribution in [2.75, 3.05) is 18.1 Å². The number of carbonyl (C=O) groups excluding carboxylic acids is 5. The lowest BCUT2D eigenvalue weighted by Gasteiger charge is -2.22. The average molecular weight is 634 g/mol. The third-order valence-corrected chi connectivity index (χ3v) is 10.1. The fraction of sp³-hybridized carbons (Fsp3) is 0.441. The molecule has 1 aliphatic heterocycles. The topological polar surface area (TPSA) is 152 Å². The quantitative estimate of drug-likeness (QED) is 0.210. The van der Waals surface area contributed by atoms with E-state index >= 15 is 0 Å². The predicted molar refractivity (Wildman–Crippen MR) is 172 cm³/mol. The van der Waals surface area contributed by atoms with Crippen molar-refractivity contribution in [3.63, 3.8) is 0 Å². The third-order valence-electron chi connectivity index (χ3n) is 7.64. The van der Waals surface area contributed by atoms with E-state index < -0.39 is 57.7 Å². The highest BCUT2D eigenvalue weighted by molar-refractivity contribution is 8.17. The van der Waals surface area contributed by atoms with Crippen LogP contribution in [0.2, 0.25) is 0 Å². The van der Waals surface area contributed by atoms with Crippen LogP contribution in [0.4, 0.5) is 4.79 Å². The van der Waals surface area contributed by atoms with E-state index in [2.05, 4.69) is 10.6 Å². The monoisotopic (exact) mass is 633 g/mol. The summed E-state index contributed by atoms with van der Waals surface area (Å²) >= 11 is 0. The molecule has 11 heteroatoms. The van der Waals surface area contributed by atoms with E-state index in [0.29, 0.717) is 11.5 Å². The maximum atomic E-state index is 13.5. The molecule has 0 saturated carbocycles. The zero-order valence-electron chi connectivity index (χ0n) is 26.0. The summed E-state index contributed by atoms with van der Waals surface area (Å²) in [7, 11) is -0.534. The minimum absolute atomic E-state index is 0.0604. The molecular formula is C34H39N3O7S. The second-order valence-electron chi connectivity index (χ2n) is 12.1. The molecule has 2 aromatic carbocycles. The van der Waals surface area contributed by atoms with Gasteiger partial charge in [0, 0.05) is 12.3 Å². The predicted octanol–water partition coefficient (Wildman–Crippen LogP) is 4.42. The summed E-state index contributed by atoms with van der Waals surface area (Å²) in [6.07, 6.45) is 0.419. The zero-order chi connectivity index (χ0) is 32.7. The van der Waals surface area contributed by atoms with E-state index in [0.717, 1.165) is 35.1 Å². The molecule has 2 atom stereocenters. The maximum absolute atomic E-state index is 13.5. The van der Waals surface area contributed by atoms with Gasteiger partial charge in [0.2, 0.25) is 17.5 Å². The number of carbonyl (C=O) groups is 5. The van der Waals surface area contributed by atoms with Gasteiger partial charge in [0.05, 0.1) is 6.04 Å². The SMILES string of the molecule is CC(NC(=O)OCC1c2ccccc2-c2ccccc21)C(=O)N[C@@H](CCC(=O)C(=O)OC(C)(C)C)C(=O)C(C#N)=S1CCCC1. The molecular weight excluding hydrogens is 594 g/mol. The summed E-state index contributed by atoms with van der Waals surface area (Å²) in [4.78, 5) is 64.2. The number of alkyl carbamates (subject to hydrolysis) is 1. The molecule has 0 bridgehead atoms. The fourth-order valence-corrected chi connectivity index (χ4v) is 7.71. The Bertz CT molecular complexity index is 1520. The van der Waals surface area contributed by atoms with Gasteiger partial charge in [-0.3, -0.25) is 14.4 Å². The molecule has 45 heavy (non-hydrogen) atoms. The number of ether oxygens (including phenoxy) is 2. The smallest absolute Gasteiger partial charge is 0.407 e. The molecule has 2 aromatic rings. The summed E-state index contributed by atoms with van der Waals surface area (Å²) in [6, 6.07) is 15.5. The highest BCUT2D eigenvalue weighted by Gasteiger charge is 2.32. The van der Waals surface area contributed by atoms with Crippen LogP contribution in [-0.4, -0.2) is 70.2 Å². The lowest BCUT2D eigenvalue weighted by atomic mass is 9.98. The van der Waals surface area contributed by atoms with Gasteiger partial charge in [0.1, 0.15) is 29.2 Å². The zero-order valence-corrected chi connectivity index (χ0v) is 26.8. The molecule has 1 heterocycles. The van der Waals surface area contributed by atoms with Gasteiger partial charge in [-0.05, 0) is 80.7 Å². The minimum atomic E-state index is -1.24. The molecule has 0 spiro atoms. The first-order valence-corrected chi connectivity index (χ1v) is 16.6. The highest BCUT2D eigenvalue weighted by Crippen LogP contribution is 2.44. The molecule has 2 amide bonds. The second-order valence-corrected chi connectivity index (χ2v) is 14.3. The summed E-state index contributed by atoms with van der Waals surface area (Å²) in [5.41, 5.74) is 3.39. The Morgan fingerprint density at radius 2 is 1.53 bits per heavy atom. The first-order chi connectivity index (χ1) is 21.4. The number of ketones is 2. The van der Waals surface area contributed by atoms with Crippen LogP contribution in [0.3, 0.4) is 0 Å². The Labute approximate surface area is 265 Å². The lowest BCUT2D eigenvalue weighted by molar-refractivity contribution is -0.162. The number of esters is 1. The van der Waals surface area contributed by atoms with Gasteiger partial charge in [-0.2, -0.15) is 15.7 Å². The first kappa shape index (κ1) is 33.6. The summed E-state index contributed by atoms with van der Waals surface area (Å²) in [6.45, 7) is 6.40. The summed E-state index contributed by atoms with van der Waals surface area (Å²) in [5.74, 6) is -1.89. The number of benzene rings is 2. The maximum Gasteiger partial charge on any atom is 0.407 e. The van der Waals surface area contributed by atoms with Gasteiger partial charge in [-0.25, -0.2) is 9.59 Å². The number of hydrogen-bond acceptors (Lipinski definition) is 8. The van der Waals surface area contributed by atoms with Gasteiger partial charge < -0.3 is 20.1 Å². The summed E-state index contributed by atoms with van der Waals surface area (Å²) < 4.78 is 10.7. The van der Waals surface area contributed by atoms with Crippen molar-refractivity contribution in [2.24, 2.45) is 0 Å². The van der Waals surface area contributed by atoms with E-state index in [4.69, 9.17) is 9.47 Å². The van der Waals surface area contributed by atoms with Crippen molar-refractivity contribution in [1.82, 2.24) is 10.6 Å². The van der Waals surface area contributed by atoms with E-state index in [1.165, 1.54) is 6.92 Å². The summed E-state index contributed by atoms with van der Waals surface area (Å²) in [5, 5.41) is 14.9. The normalized spacial score (nSPS) is 15.5. The molecule has 238 valence electrons. The van der Waals surface area contributed by atoms with Crippen molar-refractivity contribution in [1.29, 1.82) is 5.26 Å². The lowest BCUT2D eigenvalue weighted by Crippen LogP contribution is -2.51. The van der Waals surface area contributed by atoms with E-state index in [1.54, 1.807) is 20.8 Å². The number of nitrogens with zero attached hydrogens (tertiary/aromatic N) is 1. The number of nitriles is 1. The van der Waals surface area contributed by atoms with Crippen LogP contribution in [-0.2, 0) is 28.7 Å². The molecule has 1 saturated heterocycles. The number of rotatable bonds is 11. The van der Waals surface area contributed by atoms with Crippen molar-refractivity contribution in [3.8, 4) is 17.2 Å². The third kappa shape index (κ3) is 8.45. The number of nitrogens with one attached hydrogen (secondary N) is 2. The Kier molecular flexibility index (Phi) is 10.9. The number of Topliss-reactive ketones (excluding diaryl/α,β-unsaturated/α-hetero) is 2. The van der Waals surface area contributed by atoms with Crippen LogP contribution in [0, 0.1) is 11.3 Å². The van der Waals surface area contributed by atoms with E-state index in [1.807, 2.05) is 54.6 Å². The van der Waals surface area contributed by atoms with Crippen LogP contribution in [0.5, 0.6) is 0 Å². The van der Waals surface area contributed by atoms with Crippen LogP contribution < -0.4 is 10.6 Å². The molecule has 1 aliphatic carbocycles. The Morgan fingerprint density at radius 3 is 2.09 bits per heavy atom. The van der Waals surface area contributed by atoms with Crippen molar-refractivity contribution >= 4 is 44.9 Å². The van der Waals surface area contributed by atoms with Crippen molar-refractivity contribution < 1.29 is 33.4 Å². The second kappa shape index (κ2) is 14.7. The van der Waals surface area contributed by atoms with Crippen LogP contribution >= 0.6 is 10.5 Å². The molecule has 2 aliphatic rings. The average Bonchev–Trinajstić information content (AvgIpc) is 3.64. The number of amides is 2. The van der Waals surface area contributed by atoms with Gasteiger partial charge in [0.15, 0.2) is 0 Å². The van der Waals surface area contributed by atoms with Gasteiger partial charge >= 0.3 is 12.1 Å².